The molecule has 0 aliphatic heterocycles. The molecular weight excluding hydrogens is 555 g/mol. The number of alkyl halides is 3. The van der Waals surface area contributed by atoms with Crippen LogP contribution in [0.5, 0.6) is 5.75 Å². The Kier molecular flexibility index (Phi) is 10.4. The van der Waals surface area contributed by atoms with Crippen molar-refractivity contribution < 1.29 is 27.5 Å². The predicted molar refractivity (Wildman–Crippen MR) is 158 cm³/mol. The molecule has 1 aromatic heterocycles. The molecule has 4 aromatic rings. The van der Waals surface area contributed by atoms with E-state index < -0.39 is 17.5 Å². The summed E-state index contributed by atoms with van der Waals surface area (Å²) in [6.45, 7) is 3.28. The third-order valence-corrected chi connectivity index (χ3v) is 6.93. The second-order valence-electron chi connectivity index (χ2n) is 10.8. The lowest BCUT2D eigenvalue weighted by atomic mass is 9.95. The molecule has 3 aromatic carbocycles. The Balaban J connectivity index is 1.37. The van der Waals surface area contributed by atoms with Gasteiger partial charge in [-0.05, 0) is 73.6 Å². The molecule has 0 fully saturated rings. The minimum Gasteiger partial charge on any atom is -0.492 e. The molecule has 0 saturated heterocycles. The molecule has 0 radical (unpaired) electrons. The summed E-state index contributed by atoms with van der Waals surface area (Å²) in [6, 6.07) is 19.4. The molecule has 0 bridgehead atoms. The summed E-state index contributed by atoms with van der Waals surface area (Å²) >= 11 is 0. The number of Topliss-reactive ketones (excluding diaryl/α,β-unsaturated/α-hetero) is 2. The summed E-state index contributed by atoms with van der Waals surface area (Å²) in [5.74, 6) is 0.315. The fraction of sp³-hybridized carbons (Fsp3) is 0.294. The Hall–Kier alpha value is -4.37. The van der Waals surface area contributed by atoms with Crippen molar-refractivity contribution in [3.8, 4) is 5.75 Å². The van der Waals surface area contributed by atoms with Crippen molar-refractivity contribution in [3.63, 3.8) is 0 Å². The first-order valence-corrected chi connectivity index (χ1v) is 13.9. The van der Waals surface area contributed by atoms with Crippen molar-refractivity contribution in [2.45, 2.75) is 38.8 Å². The van der Waals surface area contributed by atoms with Crippen LogP contribution in [0.4, 0.5) is 13.2 Å². The van der Waals surface area contributed by atoms with E-state index in [0.717, 1.165) is 46.8 Å². The molecule has 0 aliphatic rings. The maximum atomic E-state index is 13.1. The Bertz CT molecular complexity index is 1580. The molecule has 0 spiro atoms. The van der Waals surface area contributed by atoms with Gasteiger partial charge in [0, 0.05) is 43.5 Å². The van der Waals surface area contributed by atoms with Gasteiger partial charge in [-0.25, -0.2) is 9.97 Å². The number of nitrogens with zero attached hydrogens (tertiary/aromatic N) is 3. The lowest BCUT2D eigenvalue weighted by Crippen LogP contribution is -2.19. The van der Waals surface area contributed by atoms with Crippen LogP contribution in [0.2, 0.25) is 0 Å². The van der Waals surface area contributed by atoms with Crippen molar-refractivity contribution in [2.24, 2.45) is 0 Å². The molecule has 0 unspecified atom stereocenters. The van der Waals surface area contributed by atoms with Crippen LogP contribution in [0.25, 0.3) is 0 Å². The van der Waals surface area contributed by atoms with E-state index in [-0.39, 0.29) is 30.6 Å². The topological polar surface area (TPSA) is 72.4 Å². The molecule has 9 heteroatoms. The Morgan fingerprint density at radius 3 is 2.37 bits per heavy atom. The number of hydrogen-bond donors (Lipinski definition) is 0. The van der Waals surface area contributed by atoms with Crippen molar-refractivity contribution >= 4 is 11.6 Å². The average Bonchev–Trinajstić information content (AvgIpc) is 2.94. The number of benzene rings is 3. The van der Waals surface area contributed by atoms with E-state index in [0.29, 0.717) is 24.3 Å². The molecule has 0 aliphatic carbocycles. The quantitative estimate of drug-likeness (QED) is 0.175. The van der Waals surface area contributed by atoms with Crippen LogP contribution in [0.15, 0.2) is 79.1 Å². The monoisotopic (exact) mass is 589 g/mol. The molecule has 1 heterocycles. The van der Waals surface area contributed by atoms with E-state index in [1.54, 1.807) is 12.1 Å². The minimum absolute atomic E-state index is 0.00355. The van der Waals surface area contributed by atoms with Crippen LogP contribution in [-0.4, -0.2) is 53.7 Å². The molecule has 0 saturated carbocycles. The fourth-order valence-electron chi connectivity index (χ4n) is 4.60. The zero-order chi connectivity index (χ0) is 31.0. The summed E-state index contributed by atoms with van der Waals surface area (Å²) in [4.78, 5) is 36.5. The highest BCUT2D eigenvalue weighted by atomic mass is 19.4. The molecular formula is C34H34F3N3O3. The van der Waals surface area contributed by atoms with E-state index in [2.05, 4.69) is 14.9 Å². The number of rotatable bonds is 13. The third-order valence-electron chi connectivity index (χ3n) is 6.93. The van der Waals surface area contributed by atoms with Crippen molar-refractivity contribution in [1.29, 1.82) is 0 Å². The van der Waals surface area contributed by atoms with Crippen LogP contribution >= 0.6 is 0 Å². The Morgan fingerprint density at radius 1 is 0.837 bits per heavy atom. The van der Waals surface area contributed by atoms with E-state index in [1.165, 1.54) is 18.5 Å². The highest BCUT2D eigenvalue weighted by Crippen LogP contribution is 2.30. The number of likely N-dealkylation sites (N-methyl/N-ethyl adjacent to an activating group) is 1. The van der Waals surface area contributed by atoms with Crippen molar-refractivity contribution in [3.05, 3.63) is 124 Å². The molecule has 43 heavy (non-hydrogen) atoms. The van der Waals surface area contributed by atoms with Crippen LogP contribution in [0, 0.1) is 6.92 Å². The molecule has 0 amide bonds. The first-order chi connectivity index (χ1) is 20.5. The summed E-state index contributed by atoms with van der Waals surface area (Å²) < 4.78 is 45.0. The van der Waals surface area contributed by atoms with Gasteiger partial charge in [-0.1, -0.05) is 42.5 Å². The van der Waals surface area contributed by atoms with Gasteiger partial charge in [0.2, 0.25) is 0 Å². The highest BCUT2D eigenvalue weighted by Gasteiger charge is 2.30. The van der Waals surface area contributed by atoms with Gasteiger partial charge in [-0.3, -0.25) is 9.59 Å². The van der Waals surface area contributed by atoms with Gasteiger partial charge in [0.25, 0.3) is 0 Å². The fourth-order valence-corrected chi connectivity index (χ4v) is 4.60. The van der Waals surface area contributed by atoms with E-state index in [4.69, 9.17) is 4.74 Å². The van der Waals surface area contributed by atoms with Crippen LogP contribution in [-0.2, 0) is 36.7 Å². The van der Waals surface area contributed by atoms with Gasteiger partial charge >= 0.3 is 6.18 Å². The van der Waals surface area contributed by atoms with Crippen molar-refractivity contribution in [1.82, 2.24) is 14.9 Å². The summed E-state index contributed by atoms with van der Waals surface area (Å²) in [7, 11) is 3.98. The summed E-state index contributed by atoms with van der Waals surface area (Å²) in [5.41, 5.74) is 3.85. The normalized spacial score (nSPS) is 11.5. The number of aromatic nitrogens is 2. The highest BCUT2D eigenvalue weighted by molar-refractivity contribution is 5.97. The van der Waals surface area contributed by atoms with Gasteiger partial charge in [0.05, 0.1) is 11.3 Å². The van der Waals surface area contributed by atoms with E-state index in [9.17, 15) is 22.8 Å². The van der Waals surface area contributed by atoms with Gasteiger partial charge in [-0.15, -0.1) is 0 Å². The lowest BCUT2D eigenvalue weighted by Gasteiger charge is -2.12. The number of ether oxygens (including phenoxy) is 1. The van der Waals surface area contributed by atoms with Gasteiger partial charge in [0.1, 0.15) is 24.5 Å². The van der Waals surface area contributed by atoms with E-state index >= 15 is 0 Å². The van der Waals surface area contributed by atoms with Gasteiger partial charge in [0.15, 0.2) is 5.78 Å². The molecule has 0 atom stereocenters. The Labute approximate surface area is 249 Å². The average molecular weight is 590 g/mol. The third kappa shape index (κ3) is 9.58. The zero-order valence-corrected chi connectivity index (χ0v) is 24.4. The number of ketones is 2. The number of carbonyl (C=O) groups excluding carboxylic acids is 2. The molecule has 224 valence electrons. The first kappa shape index (κ1) is 31.6. The second kappa shape index (κ2) is 14.2. The largest absolute Gasteiger partial charge is 0.492 e. The molecule has 0 N–H and O–H groups in total. The van der Waals surface area contributed by atoms with Gasteiger partial charge < -0.3 is 9.64 Å². The van der Waals surface area contributed by atoms with Crippen LogP contribution in [0.3, 0.4) is 0 Å². The minimum atomic E-state index is -4.52. The SMILES string of the molecule is Cc1ccc(CC(=O)c2cccc(C(F)(F)F)c2)cc1CC(=O)Cc1cc(Cc2cccc(OCCN(C)C)c2)ncn1. The summed E-state index contributed by atoms with van der Waals surface area (Å²) in [5, 5.41) is 0. The standard InChI is InChI=1S/C34H34F3N3O3/c1-23-10-11-25(17-33(42)26-7-5-8-28(18-26)34(35,36)37)14-27(23)19-31(41)21-30-20-29(38-22-39-30)15-24-6-4-9-32(16-24)43-13-12-40(2)3/h4-11,14,16,18,20,22H,12-13,15,17,19,21H2,1-3H3. The number of aryl methyl sites for hydroxylation is 1. The van der Waals surface area contributed by atoms with E-state index in [1.807, 2.05) is 57.4 Å². The maximum absolute atomic E-state index is 13.1. The second-order valence-corrected chi connectivity index (χ2v) is 10.8. The molecule has 4 rings (SSSR count). The van der Waals surface area contributed by atoms with Gasteiger partial charge in [-0.2, -0.15) is 13.2 Å². The number of carbonyl (C=O) groups is 2. The van der Waals surface area contributed by atoms with Crippen molar-refractivity contribution in [2.75, 3.05) is 27.2 Å². The number of halogens is 3. The number of hydrogen-bond acceptors (Lipinski definition) is 6. The predicted octanol–water partition coefficient (Wildman–Crippen LogP) is 6.11. The van der Waals surface area contributed by atoms with Crippen LogP contribution < -0.4 is 4.74 Å². The summed E-state index contributed by atoms with van der Waals surface area (Å²) in [6.07, 6.45) is -2.31. The maximum Gasteiger partial charge on any atom is 0.416 e. The van der Waals surface area contributed by atoms with Crippen LogP contribution in [0.1, 0.15) is 49.6 Å². The lowest BCUT2D eigenvalue weighted by molar-refractivity contribution is -0.137. The first-order valence-electron chi connectivity index (χ1n) is 13.9. The Morgan fingerprint density at radius 2 is 1.60 bits per heavy atom. The zero-order valence-electron chi connectivity index (χ0n) is 24.4. The smallest absolute Gasteiger partial charge is 0.416 e. The molecule has 6 nitrogen and oxygen atoms in total.